The van der Waals surface area contributed by atoms with Crippen molar-refractivity contribution in [3.8, 4) is 0 Å². The van der Waals surface area contributed by atoms with Crippen LogP contribution in [-0.4, -0.2) is 18.0 Å². The van der Waals surface area contributed by atoms with Crippen molar-refractivity contribution < 1.29 is 4.79 Å². The van der Waals surface area contributed by atoms with Crippen LogP contribution in [0.25, 0.3) is 0 Å². The zero-order valence-electron chi connectivity index (χ0n) is 11.9. The highest BCUT2D eigenvalue weighted by molar-refractivity contribution is 5.85. The lowest BCUT2D eigenvalue weighted by Gasteiger charge is -2.27. The molecule has 1 rings (SSSR count). The van der Waals surface area contributed by atoms with E-state index in [1.54, 1.807) is 0 Å². The summed E-state index contributed by atoms with van der Waals surface area (Å²) in [4.78, 5) is 12.0. The molecule has 0 spiro atoms. The Morgan fingerprint density at radius 1 is 1.28 bits per heavy atom. The highest BCUT2D eigenvalue weighted by Crippen LogP contribution is 2.23. The second-order valence-electron chi connectivity index (χ2n) is 6.00. The molecular formula is C14H29ClN2O. The fraction of sp³-hybridized carbons (Fsp3) is 0.929. The highest BCUT2D eigenvalue weighted by Gasteiger charge is 2.25. The van der Waals surface area contributed by atoms with Crippen molar-refractivity contribution in [2.75, 3.05) is 0 Å². The number of nitrogens with one attached hydrogen (secondary N) is 1. The van der Waals surface area contributed by atoms with E-state index in [-0.39, 0.29) is 30.3 Å². The lowest BCUT2D eigenvalue weighted by atomic mass is 9.85. The molecule has 3 unspecified atom stereocenters. The lowest BCUT2D eigenvalue weighted by molar-refractivity contribution is -0.126. The summed E-state index contributed by atoms with van der Waals surface area (Å²) in [5.74, 6) is 1.08. The Labute approximate surface area is 118 Å². The fourth-order valence-electron chi connectivity index (χ4n) is 2.48. The average molecular weight is 277 g/mol. The number of halogens is 1. The van der Waals surface area contributed by atoms with Gasteiger partial charge in [-0.2, -0.15) is 0 Å². The third kappa shape index (κ3) is 6.60. The number of carbonyl (C=O) groups excluding carboxylic acids is 1. The number of hydrogen-bond donors (Lipinski definition) is 2. The maximum Gasteiger partial charge on any atom is 0.223 e. The molecule has 1 saturated carbocycles. The van der Waals surface area contributed by atoms with Crippen LogP contribution in [-0.2, 0) is 4.79 Å². The minimum absolute atomic E-state index is 0. The van der Waals surface area contributed by atoms with Gasteiger partial charge in [-0.15, -0.1) is 12.4 Å². The van der Waals surface area contributed by atoms with Gasteiger partial charge < -0.3 is 11.1 Å². The van der Waals surface area contributed by atoms with E-state index in [9.17, 15) is 4.79 Å². The van der Waals surface area contributed by atoms with Crippen LogP contribution in [0, 0.1) is 11.8 Å². The van der Waals surface area contributed by atoms with Crippen LogP contribution < -0.4 is 11.1 Å². The van der Waals surface area contributed by atoms with Crippen molar-refractivity contribution >= 4 is 18.3 Å². The van der Waals surface area contributed by atoms with Gasteiger partial charge in [0, 0.05) is 18.0 Å². The zero-order valence-corrected chi connectivity index (χ0v) is 12.8. The van der Waals surface area contributed by atoms with Gasteiger partial charge in [0.05, 0.1) is 0 Å². The van der Waals surface area contributed by atoms with E-state index in [4.69, 9.17) is 5.73 Å². The van der Waals surface area contributed by atoms with Gasteiger partial charge in [-0.05, 0) is 44.9 Å². The first-order valence-electron chi connectivity index (χ1n) is 7.05. The van der Waals surface area contributed by atoms with Gasteiger partial charge in [-0.25, -0.2) is 0 Å². The second-order valence-corrected chi connectivity index (χ2v) is 6.00. The van der Waals surface area contributed by atoms with Gasteiger partial charge in [0.15, 0.2) is 0 Å². The number of carbonyl (C=O) groups is 1. The van der Waals surface area contributed by atoms with Crippen molar-refractivity contribution in [1.82, 2.24) is 5.32 Å². The SMILES string of the molecule is CC(C)CCC(C)NC(=O)C1CCCC(N)C1.Cl. The first-order valence-corrected chi connectivity index (χ1v) is 7.05. The third-order valence-corrected chi connectivity index (χ3v) is 3.65. The lowest BCUT2D eigenvalue weighted by Crippen LogP contribution is -2.41. The normalized spacial score (nSPS) is 25.4. The Morgan fingerprint density at radius 2 is 1.94 bits per heavy atom. The first-order chi connectivity index (χ1) is 7.99. The summed E-state index contributed by atoms with van der Waals surface area (Å²) in [5, 5.41) is 3.13. The molecule has 1 fully saturated rings. The Balaban J connectivity index is 0.00000289. The van der Waals surface area contributed by atoms with Gasteiger partial charge in [0.2, 0.25) is 5.91 Å². The predicted molar refractivity (Wildman–Crippen MR) is 78.9 cm³/mol. The number of rotatable bonds is 5. The fourth-order valence-corrected chi connectivity index (χ4v) is 2.48. The van der Waals surface area contributed by atoms with Gasteiger partial charge in [-0.1, -0.05) is 20.3 Å². The van der Waals surface area contributed by atoms with E-state index < -0.39 is 0 Å². The summed E-state index contributed by atoms with van der Waals surface area (Å²) in [5.41, 5.74) is 5.91. The van der Waals surface area contributed by atoms with E-state index in [2.05, 4.69) is 26.1 Å². The minimum Gasteiger partial charge on any atom is -0.353 e. The summed E-state index contributed by atoms with van der Waals surface area (Å²) < 4.78 is 0. The molecule has 1 aliphatic carbocycles. The van der Waals surface area contributed by atoms with Crippen LogP contribution >= 0.6 is 12.4 Å². The summed E-state index contributed by atoms with van der Waals surface area (Å²) in [6, 6.07) is 0.522. The van der Waals surface area contributed by atoms with Crippen molar-refractivity contribution in [2.24, 2.45) is 17.6 Å². The Hall–Kier alpha value is -0.280. The minimum atomic E-state index is 0. The van der Waals surface area contributed by atoms with Gasteiger partial charge in [0.1, 0.15) is 0 Å². The Kier molecular flexibility index (Phi) is 8.62. The monoisotopic (exact) mass is 276 g/mol. The summed E-state index contributed by atoms with van der Waals surface area (Å²) in [7, 11) is 0. The first kappa shape index (κ1) is 17.7. The van der Waals surface area contributed by atoms with Gasteiger partial charge in [0.25, 0.3) is 0 Å². The van der Waals surface area contributed by atoms with Crippen molar-refractivity contribution in [1.29, 1.82) is 0 Å². The van der Waals surface area contributed by atoms with Crippen molar-refractivity contribution in [3.05, 3.63) is 0 Å². The Bertz CT molecular complexity index is 246. The van der Waals surface area contributed by atoms with E-state index in [1.165, 1.54) is 6.42 Å². The van der Waals surface area contributed by atoms with Crippen molar-refractivity contribution in [2.45, 2.75) is 71.4 Å². The zero-order chi connectivity index (χ0) is 12.8. The molecule has 1 aliphatic rings. The Morgan fingerprint density at radius 3 is 2.50 bits per heavy atom. The molecule has 3 N–H and O–H groups in total. The second kappa shape index (κ2) is 8.76. The molecule has 0 heterocycles. The van der Waals surface area contributed by atoms with Crippen LogP contribution in [0.15, 0.2) is 0 Å². The molecule has 0 aromatic rings. The molecule has 0 radical (unpaired) electrons. The molecule has 1 amide bonds. The third-order valence-electron chi connectivity index (χ3n) is 3.65. The quantitative estimate of drug-likeness (QED) is 0.811. The van der Waals surface area contributed by atoms with E-state index in [0.29, 0.717) is 12.0 Å². The number of amides is 1. The molecule has 0 aliphatic heterocycles. The highest BCUT2D eigenvalue weighted by atomic mass is 35.5. The van der Waals surface area contributed by atoms with E-state index >= 15 is 0 Å². The molecule has 0 aromatic carbocycles. The molecule has 3 nitrogen and oxygen atoms in total. The van der Waals surface area contributed by atoms with Crippen LogP contribution in [0.1, 0.15) is 59.3 Å². The maximum absolute atomic E-state index is 12.0. The topological polar surface area (TPSA) is 55.1 Å². The molecule has 0 saturated heterocycles. The van der Waals surface area contributed by atoms with E-state index in [0.717, 1.165) is 32.1 Å². The number of nitrogens with two attached hydrogens (primary N) is 1. The molecule has 108 valence electrons. The van der Waals surface area contributed by atoms with Crippen LogP contribution in [0.4, 0.5) is 0 Å². The standard InChI is InChI=1S/C14H28N2O.ClH/c1-10(2)7-8-11(3)16-14(17)12-5-4-6-13(15)9-12;/h10-13H,4-9,15H2,1-3H3,(H,16,17);1H. The van der Waals surface area contributed by atoms with Crippen LogP contribution in [0.5, 0.6) is 0 Å². The van der Waals surface area contributed by atoms with Crippen molar-refractivity contribution in [3.63, 3.8) is 0 Å². The maximum atomic E-state index is 12.0. The molecule has 0 aromatic heterocycles. The molecule has 4 heteroatoms. The average Bonchev–Trinajstić information content (AvgIpc) is 2.26. The largest absolute Gasteiger partial charge is 0.353 e. The van der Waals surface area contributed by atoms with Crippen LogP contribution in [0.3, 0.4) is 0 Å². The predicted octanol–water partition coefficient (Wildman–Crippen LogP) is 2.87. The summed E-state index contributed by atoms with van der Waals surface area (Å²) >= 11 is 0. The molecule has 3 atom stereocenters. The van der Waals surface area contributed by atoms with Gasteiger partial charge in [-0.3, -0.25) is 4.79 Å². The van der Waals surface area contributed by atoms with E-state index in [1.807, 2.05) is 0 Å². The molecule has 0 bridgehead atoms. The molecule has 18 heavy (non-hydrogen) atoms. The summed E-state index contributed by atoms with van der Waals surface area (Å²) in [6.45, 7) is 6.53. The number of hydrogen-bond acceptors (Lipinski definition) is 2. The summed E-state index contributed by atoms with van der Waals surface area (Å²) in [6.07, 6.45) is 6.29. The van der Waals surface area contributed by atoms with Crippen LogP contribution in [0.2, 0.25) is 0 Å². The van der Waals surface area contributed by atoms with Gasteiger partial charge >= 0.3 is 0 Å². The molecular weight excluding hydrogens is 248 g/mol. The smallest absolute Gasteiger partial charge is 0.223 e.